The highest BCUT2D eigenvalue weighted by Gasteiger charge is 2.34. The molecule has 2 fully saturated rings. The second kappa shape index (κ2) is 8.97. The third-order valence-electron chi connectivity index (χ3n) is 5.65. The maximum absolute atomic E-state index is 12.4. The molecule has 29 heavy (non-hydrogen) atoms. The number of allylic oxidation sites excluding steroid dienone is 1. The fraction of sp³-hybridized carbons (Fsp3) is 0.545. The summed E-state index contributed by atoms with van der Waals surface area (Å²) in [5.74, 6) is 1.16. The molecule has 0 aliphatic carbocycles. The monoisotopic (exact) mass is 401 g/mol. The third-order valence-corrected chi connectivity index (χ3v) is 5.65. The van der Waals surface area contributed by atoms with E-state index in [1.807, 2.05) is 13.0 Å². The summed E-state index contributed by atoms with van der Waals surface area (Å²) in [6.07, 6.45) is 4.07. The zero-order valence-electron chi connectivity index (χ0n) is 17.5. The number of hydrogen-bond donors (Lipinski definition) is 2. The minimum absolute atomic E-state index is 0.272. The highest BCUT2D eigenvalue weighted by molar-refractivity contribution is 5.88. The molecule has 0 bridgehead atoms. The lowest BCUT2D eigenvalue weighted by Gasteiger charge is -2.25. The molecule has 2 saturated heterocycles. The molecule has 0 unspecified atom stereocenters. The summed E-state index contributed by atoms with van der Waals surface area (Å²) < 4.78 is 11.0. The summed E-state index contributed by atoms with van der Waals surface area (Å²) in [7, 11) is 1.65. The maximum atomic E-state index is 12.4. The Morgan fingerprint density at radius 1 is 1.45 bits per heavy atom. The number of nitrogens with zero attached hydrogens (tertiary/aromatic N) is 2. The van der Waals surface area contributed by atoms with Crippen molar-refractivity contribution in [1.29, 1.82) is 0 Å². The van der Waals surface area contributed by atoms with Crippen LogP contribution in [0.5, 0.6) is 5.75 Å². The van der Waals surface area contributed by atoms with E-state index >= 15 is 0 Å². The number of ether oxygens (including phenoxy) is 2. The summed E-state index contributed by atoms with van der Waals surface area (Å²) in [6.45, 7) is 9.97. The maximum Gasteiger partial charge on any atom is 0.321 e. The number of hydrogen-bond acceptors (Lipinski definition) is 5. The number of β-amino-alcohol motifs (C(OH)–C–C–N with tert-alkyl or cyclic N) is 1. The van der Waals surface area contributed by atoms with Gasteiger partial charge in [-0.05, 0) is 50.7 Å². The topological polar surface area (TPSA) is 83.4 Å². The van der Waals surface area contributed by atoms with Gasteiger partial charge in [0.2, 0.25) is 0 Å². The zero-order chi connectivity index (χ0) is 21.0. The molecule has 7 nitrogen and oxygen atoms in total. The van der Waals surface area contributed by atoms with E-state index in [4.69, 9.17) is 9.47 Å². The van der Waals surface area contributed by atoms with Crippen molar-refractivity contribution >= 4 is 17.9 Å². The Balaban J connectivity index is 1.74. The Bertz CT molecular complexity index is 797. The largest absolute Gasteiger partial charge is 0.496 e. The quantitative estimate of drug-likeness (QED) is 0.742. The Hall–Kier alpha value is -2.38. The molecule has 0 radical (unpaired) electrons. The molecule has 0 aromatic heterocycles. The molecular weight excluding hydrogens is 370 g/mol. The second-order valence-electron chi connectivity index (χ2n) is 8.10. The molecule has 3 rings (SSSR count). The molecular formula is C22H31N3O4. The summed E-state index contributed by atoms with van der Waals surface area (Å²) in [4.78, 5) is 18.6. The van der Waals surface area contributed by atoms with Gasteiger partial charge in [-0.25, -0.2) is 4.79 Å². The smallest absolute Gasteiger partial charge is 0.321 e. The number of methoxy groups -OCH3 is 1. The molecule has 2 aliphatic rings. The summed E-state index contributed by atoms with van der Waals surface area (Å²) in [5.41, 5.74) is 2.56. The van der Waals surface area contributed by atoms with Crippen molar-refractivity contribution in [2.24, 2.45) is 4.99 Å². The number of amides is 2. The van der Waals surface area contributed by atoms with Crippen LogP contribution in [0.1, 0.15) is 43.2 Å². The van der Waals surface area contributed by atoms with Crippen LogP contribution in [0, 0.1) is 6.92 Å². The normalized spacial score (nSPS) is 22.8. The van der Waals surface area contributed by atoms with Gasteiger partial charge in [-0.3, -0.25) is 4.99 Å². The van der Waals surface area contributed by atoms with E-state index in [2.05, 4.69) is 23.0 Å². The molecule has 1 atom stereocenters. The molecule has 7 heteroatoms. The first kappa shape index (κ1) is 21.3. The van der Waals surface area contributed by atoms with Crippen molar-refractivity contribution in [1.82, 2.24) is 10.2 Å². The Morgan fingerprint density at radius 3 is 2.79 bits per heavy atom. The van der Waals surface area contributed by atoms with Gasteiger partial charge >= 0.3 is 6.03 Å². The first-order valence-electron chi connectivity index (χ1n) is 10.1. The molecule has 2 heterocycles. The van der Waals surface area contributed by atoms with E-state index in [1.54, 1.807) is 25.1 Å². The van der Waals surface area contributed by atoms with E-state index in [0.29, 0.717) is 31.1 Å². The predicted octanol–water partition coefficient (Wildman–Crippen LogP) is 3.28. The van der Waals surface area contributed by atoms with E-state index in [0.717, 1.165) is 48.6 Å². The van der Waals surface area contributed by atoms with Crippen molar-refractivity contribution in [2.75, 3.05) is 33.4 Å². The lowest BCUT2D eigenvalue weighted by molar-refractivity contribution is 0.0721. The molecule has 0 spiro atoms. The van der Waals surface area contributed by atoms with E-state index in [1.165, 1.54) is 0 Å². The highest BCUT2D eigenvalue weighted by Crippen LogP contribution is 2.39. The number of benzene rings is 1. The third kappa shape index (κ3) is 5.16. The van der Waals surface area contributed by atoms with Crippen LogP contribution in [-0.4, -0.2) is 61.3 Å². The molecule has 2 amide bonds. The second-order valence-corrected chi connectivity index (χ2v) is 8.10. The molecule has 1 aromatic rings. The van der Waals surface area contributed by atoms with Crippen LogP contribution in [0.4, 0.5) is 10.5 Å². The van der Waals surface area contributed by atoms with Crippen LogP contribution in [0.25, 0.3) is 0 Å². The summed E-state index contributed by atoms with van der Waals surface area (Å²) in [6, 6.07) is 3.78. The van der Waals surface area contributed by atoms with Gasteiger partial charge in [-0.2, -0.15) is 0 Å². The zero-order valence-corrected chi connectivity index (χ0v) is 17.5. The number of nitrogens with one attached hydrogen (secondary N) is 1. The minimum atomic E-state index is -0.830. The van der Waals surface area contributed by atoms with Crippen molar-refractivity contribution in [3.8, 4) is 5.75 Å². The van der Waals surface area contributed by atoms with Crippen LogP contribution in [0.2, 0.25) is 0 Å². The van der Waals surface area contributed by atoms with Gasteiger partial charge in [-0.15, -0.1) is 0 Å². The van der Waals surface area contributed by atoms with Crippen molar-refractivity contribution in [3.05, 3.63) is 35.5 Å². The number of carbonyl (C=O) groups excluding carboxylic acids is 1. The van der Waals surface area contributed by atoms with Crippen molar-refractivity contribution in [3.63, 3.8) is 0 Å². The molecule has 2 N–H and O–H groups in total. The standard InChI is InChI=1S/C22H31N3O4/c1-15(24-21(26)25-10-9-22(3,27)14-25)13-23-20-16(2)19(28-4)6-5-18(20)17-7-11-29-12-8-17/h5-6,13,17,27H,1,7-12,14H2,2-4H3,(H,24,26)/t22-/m1/s1. The molecule has 1 aromatic carbocycles. The number of aliphatic imine (C=N–C) groups is 1. The fourth-order valence-corrected chi connectivity index (χ4v) is 3.94. The van der Waals surface area contributed by atoms with Gasteiger partial charge in [0.05, 0.1) is 36.9 Å². The first-order valence-corrected chi connectivity index (χ1v) is 10.1. The Labute approximate surface area is 172 Å². The van der Waals surface area contributed by atoms with Crippen LogP contribution >= 0.6 is 0 Å². The predicted molar refractivity (Wildman–Crippen MR) is 113 cm³/mol. The number of aliphatic hydroxyl groups is 1. The molecule has 2 aliphatic heterocycles. The summed E-state index contributed by atoms with van der Waals surface area (Å²) in [5, 5.41) is 12.8. The summed E-state index contributed by atoms with van der Waals surface area (Å²) >= 11 is 0. The number of urea groups is 1. The van der Waals surface area contributed by atoms with Crippen LogP contribution in [0.15, 0.2) is 29.4 Å². The van der Waals surface area contributed by atoms with E-state index in [-0.39, 0.29) is 6.03 Å². The SMILES string of the molecule is C=C(C=Nc1c(C2CCOCC2)ccc(OC)c1C)NC(=O)N1CC[C@@](C)(O)C1. The Morgan fingerprint density at radius 2 is 2.17 bits per heavy atom. The molecule has 158 valence electrons. The van der Waals surface area contributed by atoms with Gasteiger partial charge in [0.15, 0.2) is 0 Å². The first-order chi connectivity index (χ1) is 13.8. The number of likely N-dealkylation sites (tertiary alicyclic amines) is 1. The minimum Gasteiger partial charge on any atom is -0.496 e. The van der Waals surface area contributed by atoms with Gasteiger partial charge in [-0.1, -0.05) is 12.6 Å². The van der Waals surface area contributed by atoms with Crippen LogP contribution in [0.3, 0.4) is 0 Å². The fourth-order valence-electron chi connectivity index (χ4n) is 3.94. The van der Waals surface area contributed by atoms with Crippen LogP contribution < -0.4 is 10.1 Å². The highest BCUT2D eigenvalue weighted by atomic mass is 16.5. The van der Waals surface area contributed by atoms with E-state index in [9.17, 15) is 9.90 Å². The number of carbonyl (C=O) groups is 1. The molecule has 0 saturated carbocycles. The van der Waals surface area contributed by atoms with Crippen molar-refractivity contribution < 1.29 is 19.4 Å². The lowest BCUT2D eigenvalue weighted by atomic mass is 9.89. The van der Waals surface area contributed by atoms with E-state index < -0.39 is 5.60 Å². The Kier molecular flexibility index (Phi) is 6.59. The number of rotatable bonds is 5. The average Bonchev–Trinajstić information content (AvgIpc) is 3.07. The van der Waals surface area contributed by atoms with Crippen LogP contribution in [-0.2, 0) is 4.74 Å². The lowest BCUT2D eigenvalue weighted by Crippen LogP contribution is -2.40. The van der Waals surface area contributed by atoms with Gasteiger partial charge in [0.25, 0.3) is 0 Å². The van der Waals surface area contributed by atoms with Gasteiger partial charge in [0.1, 0.15) is 5.75 Å². The average molecular weight is 402 g/mol. The van der Waals surface area contributed by atoms with Gasteiger partial charge in [0, 0.05) is 25.3 Å². The van der Waals surface area contributed by atoms with Crippen molar-refractivity contribution in [2.45, 2.75) is 44.6 Å². The van der Waals surface area contributed by atoms with Gasteiger partial charge < -0.3 is 24.8 Å².